The molecule has 2 aromatic rings. The summed E-state index contributed by atoms with van der Waals surface area (Å²) in [5.74, 6) is -1.46. The first kappa shape index (κ1) is 12.9. The van der Waals surface area contributed by atoms with Crippen LogP contribution in [0.1, 0.15) is 26.3 Å². The van der Waals surface area contributed by atoms with E-state index in [1.807, 2.05) is 0 Å². The molecule has 0 bridgehead atoms. The summed E-state index contributed by atoms with van der Waals surface area (Å²) in [7, 11) is 1.22. The van der Waals surface area contributed by atoms with Crippen molar-refractivity contribution in [3.8, 4) is 0 Å². The Labute approximate surface area is 108 Å². The Morgan fingerprint density at radius 1 is 1.11 bits per heavy atom. The number of hydrogen-bond acceptors (Lipinski definition) is 4. The maximum Gasteiger partial charge on any atom is 0.340 e. The molecule has 1 aromatic heterocycles. The second-order valence-electron chi connectivity index (χ2n) is 3.75. The fourth-order valence-electron chi connectivity index (χ4n) is 1.62. The molecule has 2 rings (SSSR count). The van der Waals surface area contributed by atoms with Gasteiger partial charge in [-0.25, -0.2) is 9.18 Å². The molecule has 0 aliphatic heterocycles. The van der Waals surface area contributed by atoms with Crippen molar-refractivity contribution in [2.45, 2.75) is 0 Å². The Morgan fingerprint density at radius 3 is 2.42 bits per heavy atom. The van der Waals surface area contributed by atoms with Gasteiger partial charge in [-0.2, -0.15) is 0 Å². The minimum absolute atomic E-state index is 0.0827. The monoisotopic (exact) mass is 259 g/mol. The van der Waals surface area contributed by atoms with Crippen LogP contribution in [0, 0.1) is 5.82 Å². The number of rotatable bonds is 3. The third kappa shape index (κ3) is 2.65. The van der Waals surface area contributed by atoms with Gasteiger partial charge >= 0.3 is 5.97 Å². The number of aromatic nitrogens is 1. The molecule has 0 atom stereocenters. The summed E-state index contributed by atoms with van der Waals surface area (Å²) in [5.41, 5.74) is 0.547. The summed E-state index contributed by atoms with van der Waals surface area (Å²) >= 11 is 0. The number of pyridine rings is 1. The summed E-state index contributed by atoms with van der Waals surface area (Å²) in [6, 6.07) is 6.52. The first-order valence-electron chi connectivity index (χ1n) is 5.46. The van der Waals surface area contributed by atoms with E-state index in [1.165, 1.54) is 49.8 Å². The molecule has 0 spiro atoms. The van der Waals surface area contributed by atoms with Gasteiger partial charge in [0.1, 0.15) is 5.82 Å². The predicted molar refractivity (Wildman–Crippen MR) is 65.4 cm³/mol. The van der Waals surface area contributed by atoms with Crippen molar-refractivity contribution in [1.82, 2.24) is 4.98 Å². The van der Waals surface area contributed by atoms with Gasteiger partial charge in [0.05, 0.1) is 12.7 Å². The molecule has 19 heavy (non-hydrogen) atoms. The molecule has 5 heteroatoms. The van der Waals surface area contributed by atoms with Crippen LogP contribution in [0.25, 0.3) is 0 Å². The van der Waals surface area contributed by atoms with Crippen molar-refractivity contribution >= 4 is 11.8 Å². The zero-order chi connectivity index (χ0) is 13.8. The first-order chi connectivity index (χ1) is 9.13. The lowest BCUT2D eigenvalue weighted by Crippen LogP contribution is -2.11. The smallest absolute Gasteiger partial charge is 0.340 e. The third-order valence-corrected chi connectivity index (χ3v) is 2.58. The Morgan fingerprint density at radius 2 is 1.79 bits per heavy atom. The fourth-order valence-corrected chi connectivity index (χ4v) is 1.62. The van der Waals surface area contributed by atoms with Crippen molar-refractivity contribution in [2.24, 2.45) is 0 Å². The van der Waals surface area contributed by atoms with Crippen molar-refractivity contribution in [1.29, 1.82) is 0 Å². The van der Waals surface area contributed by atoms with Gasteiger partial charge in [0.2, 0.25) is 0 Å². The molecule has 0 radical (unpaired) electrons. The SMILES string of the molecule is COC(=O)c1cnccc1C(=O)c1ccc(F)cc1. The first-order valence-corrected chi connectivity index (χ1v) is 5.46. The number of ether oxygens (including phenoxy) is 1. The van der Waals surface area contributed by atoms with Gasteiger partial charge in [0.15, 0.2) is 5.78 Å². The molecule has 96 valence electrons. The molecule has 0 N–H and O–H groups in total. The van der Waals surface area contributed by atoms with E-state index in [9.17, 15) is 14.0 Å². The van der Waals surface area contributed by atoms with E-state index in [4.69, 9.17) is 0 Å². The minimum Gasteiger partial charge on any atom is -0.465 e. The molecule has 0 fully saturated rings. The molecule has 0 amide bonds. The van der Waals surface area contributed by atoms with Crippen LogP contribution in [0.15, 0.2) is 42.7 Å². The van der Waals surface area contributed by atoms with E-state index in [2.05, 4.69) is 9.72 Å². The maximum atomic E-state index is 12.8. The van der Waals surface area contributed by atoms with Gasteiger partial charge in [-0.1, -0.05) is 0 Å². The highest BCUT2D eigenvalue weighted by molar-refractivity contribution is 6.14. The normalized spacial score (nSPS) is 10.0. The third-order valence-electron chi connectivity index (χ3n) is 2.58. The second kappa shape index (κ2) is 5.39. The highest BCUT2D eigenvalue weighted by Crippen LogP contribution is 2.15. The van der Waals surface area contributed by atoms with Crippen LogP contribution >= 0.6 is 0 Å². The molecule has 0 saturated carbocycles. The zero-order valence-electron chi connectivity index (χ0n) is 10.1. The van der Waals surface area contributed by atoms with Crippen molar-refractivity contribution in [2.75, 3.05) is 7.11 Å². The summed E-state index contributed by atoms with van der Waals surface area (Å²) in [6.45, 7) is 0. The number of esters is 1. The summed E-state index contributed by atoms with van der Waals surface area (Å²) in [4.78, 5) is 27.6. The maximum absolute atomic E-state index is 12.8. The average molecular weight is 259 g/mol. The molecule has 1 aromatic carbocycles. The molecular formula is C14H10FNO3. The number of nitrogens with zero attached hydrogens (tertiary/aromatic N) is 1. The molecule has 0 aliphatic carbocycles. The topological polar surface area (TPSA) is 56.3 Å². The summed E-state index contributed by atoms with van der Waals surface area (Å²) in [5, 5.41) is 0. The molecule has 0 unspecified atom stereocenters. The Balaban J connectivity index is 2.44. The minimum atomic E-state index is -0.640. The molecule has 1 heterocycles. The van der Waals surface area contributed by atoms with Crippen LogP contribution in [-0.2, 0) is 4.74 Å². The highest BCUT2D eigenvalue weighted by atomic mass is 19.1. The van der Waals surface area contributed by atoms with Crippen LogP contribution in [0.3, 0.4) is 0 Å². The van der Waals surface area contributed by atoms with Crippen molar-refractivity contribution in [3.05, 3.63) is 65.2 Å². The molecule has 0 aliphatic rings. The standard InChI is InChI=1S/C14H10FNO3/c1-19-14(18)12-8-16-7-6-11(12)13(17)9-2-4-10(15)5-3-9/h2-8H,1H3. The van der Waals surface area contributed by atoms with Gasteiger partial charge in [-0.05, 0) is 30.3 Å². The lowest BCUT2D eigenvalue weighted by atomic mass is 10.0. The number of halogens is 1. The number of carbonyl (C=O) groups is 2. The zero-order valence-corrected chi connectivity index (χ0v) is 10.1. The van der Waals surface area contributed by atoms with E-state index in [0.29, 0.717) is 0 Å². The van der Waals surface area contributed by atoms with E-state index in [1.54, 1.807) is 0 Å². The van der Waals surface area contributed by atoms with Gasteiger partial charge in [0.25, 0.3) is 0 Å². The summed E-state index contributed by atoms with van der Waals surface area (Å²) in [6.07, 6.45) is 2.67. The van der Waals surface area contributed by atoms with Crippen LogP contribution in [-0.4, -0.2) is 23.8 Å². The fraction of sp³-hybridized carbons (Fsp3) is 0.0714. The molecule has 0 saturated heterocycles. The lowest BCUT2D eigenvalue weighted by Gasteiger charge is -2.06. The van der Waals surface area contributed by atoms with Gasteiger partial charge < -0.3 is 4.74 Å². The Hall–Kier alpha value is -2.56. The van der Waals surface area contributed by atoms with Gasteiger partial charge in [-0.15, -0.1) is 0 Å². The van der Waals surface area contributed by atoms with E-state index in [-0.39, 0.29) is 22.5 Å². The van der Waals surface area contributed by atoms with Crippen LogP contribution < -0.4 is 0 Å². The van der Waals surface area contributed by atoms with Crippen molar-refractivity contribution < 1.29 is 18.7 Å². The number of carbonyl (C=O) groups excluding carboxylic acids is 2. The van der Waals surface area contributed by atoms with Gasteiger partial charge in [-0.3, -0.25) is 9.78 Å². The highest BCUT2D eigenvalue weighted by Gasteiger charge is 2.18. The largest absolute Gasteiger partial charge is 0.465 e. The molecule has 4 nitrogen and oxygen atoms in total. The van der Waals surface area contributed by atoms with Crippen LogP contribution in [0.2, 0.25) is 0 Å². The van der Waals surface area contributed by atoms with Gasteiger partial charge in [0, 0.05) is 23.5 Å². The summed E-state index contributed by atoms with van der Waals surface area (Å²) < 4.78 is 17.4. The Kier molecular flexibility index (Phi) is 3.66. The Bertz CT molecular complexity index is 623. The van der Waals surface area contributed by atoms with Crippen molar-refractivity contribution in [3.63, 3.8) is 0 Å². The van der Waals surface area contributed by atoms with Crippen LogP contribution in [0.5, 0.6) is 0 Å². The van der Waals surface area contributed by atoms with E-state index in [0.717, 1.165) is 0 Å². The predicted octanol–water partition coefficient (Wildman–Crippen LogP) is 2.24. The number of ketones is 1. The number of hydrogen-bond donors (Lipinski definition) is 0. The second-order valence-corrected chi connectivity index (χ2v) is 3.75. The number of methoxy groups -OCH3 is 1. The molecular weight excluding hydrogens is 249 g/mol. The number of benzene rings is 1. The van der Waals surface area contributed by atoms with Crippen LogP contribution in [0.4, 0.5) is 4.39 Å². The lowest BCUT2D eigenvalue weighted by molar-refractivity contribution is 0.0597. The van der Waals surface area contributed by atoms with E-state index < -0.39 is 11.8 Å². The average Bonchev–Trinajstić information content (AvgIpc) is 2.46. The quantitative estimate of drug-likeness (QED) is 0.626. The van der Waals surface area contributed by atoms with E-state index >= 15 is 0 Å².